The van der Waals surface area contributed by atoms with Crippen molar-refractivity contribution in [3.8, 4) is 11.1 Å². The number of benzene rings is 2. The number of amides is 1. The summed E-state index contributed by atoms with van der Waals surface area (Å²) in [6.07, 6.45) is 17.2. The topological polar surface area (TPSA) is 69.2 Å². The van der Waals surface area contributed by atoms with Gasteiger partial charge < -0.3 is 15.2 Å². The monoisotopic (exact) mass is 499 g/mol. The van der Waals surface area contributed by atoms with E-state index in [1.54, 1.807) is 17.8 Å². The van der Waals surface area contributed by atoms with E-state index in [2.05, 4.69) is 17.5 Å². The average Bonchev–Trinajstić information content (AvgIpc) is 2.87. The molecule has 1 saturated carbocycles. The number of unbranched alkanes of at least 4 members (excludes halogenated alkanes) is 1. The van der Waals surface area contributed by atoms with Gasteiger partial charge in [0, 0.05) is 5.56 Å². The Balaban J connectivity index is 0.00000456. The summed E-state index contributed by atoms with van der Waals surface area (Å²) in [6, 6.07) is 12.7. The van der Waals surface area contributed by atoms with Crippen molar-refractivity contribution in [2.75, 3.05) is 12.0 Å². The van der Waals surface area contributed by atoms with Crippen molar-refractivity contribution in [2.45, 2.75) is 70.8 Å². The van der Waals surface area contributed by atoms with Crippen LogP contribution in [0.2, 0.25) is 0 Å². The molecule has 4 nitrogen and oxygen atoms in total. The van der Waals surface area contributed by atoms with Crippen molar-refractivity contribution < 1.29 is 33.6 Å². The number of carboxylic acids is 1. The van der Waals surface area contributed by atoms with Crippen LogP contribution in [0.25, 0.3) is 17.2 Å². The summed E-state index contributed by atoms with van der Waals surface area (Å²) in [4.78, 5) is 24.7. The number of aryl methyl sites for hydroxylation is 1. The number of aliphatic carboxylic acids is 1. The van der Waals surface area contributed by atoms with Crippen LogP contribution in [0.1, 0.15) is 79.3 Å². The summed E-state index contributed by atoms with van der Waals surface area (Å²) in [7, 11) is 0. The molecule has 1 amide bonds. The van der Waals surface area contributed by atoms with Crippen molar-refractivity contribution in [3.05, 3.63) is 65.2 Å². The zero-order valence-corrected chi connectivity index (χ0v) is 22.9. The average molecular weight is 500 g/mol. The number of carbonyl (C=O) groups excluding carboxylic acids is 2. The van der Waals surface area contributed by atoms with E-state index in [0.717, 1.165) is 34.6 Å². The fourth-order valence-electron chi connectivity index (χ4n) is 4.90. The Bertz CT molecular complexity index is 1020. The SMILES string of the molecule is CSCC[C@H](NC(=O)c1ccc(/C=C/CCCC2CCCCC2)cc1-c1ccccc1C)C(=O)[O-].[Li+]. The van der Waals surface area contributed by atoms with Gasteiger partial charge in [-0.1, -0.05) is 81.0 Å². The van der Waals surface area contributed by atoms with Gasteiger partial charge in [0.1, 0.15) is 0 Å². The van der Waals surface area contributed by atoms with Gasteiger partial charge in [0.05, 0.1) is 12.0 Å². The first-order valence-electron chi connectivity index (χ1n) is 12.9. The summed E-state index contributed by atoms with van der Waals surface area (Å²) in [5, 5.41) is 14.2. The number of hydrogen-bond acceptors (Lipinski definition) is 4. The molecular weight excluding hydrogens is 461 g/mol. The fourth-order valence-corrected chi connectivity index (χ4v) is 5.37. The summed E-state index contributed by atoms with van der Waals surface area (Å²) in [6.45, 7) is 2.02. The van der Waals surface area contributed by atoms with Gasteiger partial charge in [-0.3, -0.25) is 4.79 Å². The second-order valence-electron chi connectivity index (χ2n) is 9.58. The van der Waals surface area contributed by atoms with Crippen molar-refractivity contribution in [1.29, 1.82) is 0 Å². The molecule has 188 valence electrons. The summed E-state index contributed by atoms with van der Waals surface area (Å²) in [5.41, 5.74) is 4.36. The Morgan fingerprint density at radius 3 is 2.56 bits per heavy atom. The quantitative estimate of drug-likeness (QED) is 0.360. The van der Waals surface area contributed by atoms with Gasteiger partial charge in [-0.2, -0.15) is 11.8 Å². The third-order valence-electron chi connectivity index (χ3n) is 6.94. The molecule has 1 atom stereocenters. The molecule has 0 saturated heterocycles. The smallest absolute Gasteiger partial charge is 0.548 e. The van der Waals surface area contributed by atoms with Crippen molar-refractivity contribution >= 4 is 29.7 Å². The molecule has 0 radical (unpaired) electrons. The number of allylic oxidation sites excluding steroid dienone is 1. The molecule has 2 aromatic rings. The summed E-state index contributed by atoms with van der Waals surface area (Å²) >= 11 is 1.54. The van der Waals surface area contributed by atoms with E-state index < -0.39 is 12.0 Å². The van der Waals surface area contributed by atoms with Crippen molar-refractivity contribution in [2.24, 2.45) is 5.92 Å². The molecule has 0 spiro atoms. The van der Waals surface area contributed by atoms with E-state index in [1.165, 1.54) is 44.9 Å². The number of rotatable bonds is 12. The maximum Gasteiger partial charge on any atom is 1.00 e. The van der Waals surface area contributed by atoms with Crippen LogP contribution in [0.3, 0.4) is 0 Å². The molecule has 1 aliphatic rings. The Morgan fingerprint density at radius 2 is 1.86 bits per heavy atom. The van der Waals surface area contributed by atoms with Gasteiger partial charge >= 0.3 is 18.9 Å². The Hall–Kier alpha value is -1.93. The van der Waals surface area contributed by atoms with Crippen molar-refractivity contribution in [1.82, 2.24) is 5.32 Å². The summed E-state index contributed by atoms with van der Waals surface area (Å²) < 4.78 is 0. The molecule has 2 aromatic carbocycles. The van der Waals surface area contributed by atoms with Gasteiger partial charge in [-0.25, -0.2) is 0 Å². The third kappa shape index (κ3) is 9.18. The first kappa shape index (κ1) is 30.3. The predicted molar refractivity (Wildman–Crippen MR) is 145 cm³/mol. The van der Waals surface area contributed by atoms with Crippen LogP contribution in [0.4, 0.5) is 0 Å². The number of carboxylic acid groups (broad SMARTS) is 1. The number of nitrogens with one attached hydrogen (secondary N) is 1. The van der Waals surface area contributed by atoms with E-state index in [9.17, 15) is 14.7 Å². The zero-order valence-electron chi connectivity index (χ0n) is 22.1. The van der Waals surface area contributed by atoms with E-state index >= 15 is 0 Å². The van der Waals surface area contributed by atoms with Crippen LogP contribution in [0.15, 0.2) is 48.5 Å². The maximum atomic E-state index is 13.2. The Kier molecular flexibility index (Phi) is 13.5. The van der Waals surface area contributed by atoms with Gasteiger partial charge in [0.15, 0.2) is 0 Å². The largest absolute Gasteiger partial charge is 1.00 e. The maximum absolute atomic E-state index is 13.2. The predicted octanol–water partition coefficient (Wildman–Crippen LogP) is 3.03. The number of carbonyl (C=O) groups is 2. The number of hydrogen-bond donors (Lipinski definition) is 1. The summed E-state index contributed by atoms with van der Waals surface area (Å²) in [5.74, 6) is -0.101. The molecule has 36 heavy (non-hydrogen) atoms. The Morgan fingerprint density at radius 1 is 1.11 bits per heavy atom. The molecular formula is C30H38LiNO3S. The van der Waals surface area contributed by atoms with E-state index in [-0.39, 0.29) is 24.8 Å². The molecule has 6 heteroatoms. The fraction of sp³-hybridized carbons (Fsp3) is 0.467. The van der Waals surface area contributed by atoms with Gasteiger partial charge in [-0.15, -0.1) is 0 Å². The Labute approximate surface area is 232 Å². The second-order valence-corrected chi connectivity index (χ2v) is 10.6. The molecule has 1 N–H and O–H groups in total. The first-order chi connectivity index (χ1) is 17.0. The van der Waals surface area contributed by atoms with Gasteiger partial charge in [0.2, 0.25) is 0 Å². The van der Waals surface area contributed by atoms with E-state index in [0.29, 0.717) is 17.7 Å². The minimum atomic E-state index is -1.25. The van der Waals surface area contributed by atoms with Crippen molar-refractivity contribution in [3.63, 3.8) is 0 Å². The minimum absolute atomic E-state index is 0. The van der Waals surface area contributed by atoms with Gasteiger partial charge in [-0.05, 0) is 78.5 Å². The standard InChI is InChI=1S/C30H39NO3S.Li/c1-22-11-9-10-16-25(22)27-21-24(15-8-4-7-14-23-12-5-3-6-13-23)17-18-26(27)29(32)31-28(30(33)34)19-20-35-2;/h8-11,15-18,21,23,28H,3-7,12-14,19-20H2,1-2H3,(H,31,32)(H,33,34);/q;+1/p-1/b15-8+;/t28-;/m0./s1. The third-order valence-corrected chi connectivity index (χ3v) is 7.59. The normalized spacial score (nSPS) is 14.8. The van der Waals surface area contributed by atoms with E-state index in [1.807, 2.05) is 49.6 Å². The first-order valence-corrected chi connectivity index (χ1v) is 14.3. The molecule has 1 fully saturated rings. The molecule has 3 rings (SSSR count). The van der Waals surface area contributed by atoms with E-state index in [4.69, 9.17) is 0 Å². The van der Waals surface area contributed by atoms with Crippen LogP contribution in [0, 0.1) is 12.8 Å². The zero-order chi connectivity index (χ0) is 25.0. The van der Waals surface area contributed by atoms with Crippen LogP contribution in [0.5, 0.6) is 0 Å². The molecule has 1 aliphatic carbocycles. The molecule has 0 aliphatic heterocycles. The molecule has 0 aromatic heterocycles. The molecule has 0 unspecified atom stereocenters. The molecule has 0 bridgehead atoms. The van der Waals surface area contributed by atoms with Crippen LogP contribution < -0.4 is 29.3 Å². The second kappa shape index (κ2) is 16.0. The van der Waals surface area contributed by atoms with Crippen LogP contribution in [-0.2, 0) is 4.79 Å². The molecule has 0 heterocycles. The van der Waals surface area contributed by atoms with Crippen LogP contribution in [-0.4, -0.2) is 29.9 Å². The number of thioether (sulfide) groups is 1. The van der Waals surface area contributed by atoms with Crippen LogP contribution >= 0.6 is 11.8 Å². The minimum Gasteiger partial charge on any atom is -0.548 e. The van der Waals surface area contributed by atoms with Gasteiger partial charge in [0.25, 0.3) is 5.91 Å².